The number of rotatable bonds is 5. The van der Waals surface area contributed by atoms with Gasteiger partial charge in [-0.15, -0.1) is 24.0 Å². The van der Waals surface area contributed by atoms with Gasteiger partial charge < -0.3 is 15.0 Å². The molecule has 5 nitrogen and oxygen atoms in total. The summed E-state index contributed by atoms with van der Waals surface area (Å²) >= 11 is 0. The first-order valence-electron chi connectivity index (χ1n) is 9.00. The molecular formula is C18H29IN4O. The Labute approximate surface area is 162 Å². The van der Waals surface area contributed by atoms with Gasteiger partial charge in [-0.05, 0) is 57.1 Å². The third-order valence-electron chi connectivity index (χ3n) is 4.54. The molecule has 1 aromatic heterocycles. The zero-order valence-electron chi connectivity index (χ0n) is 14.5. The van der Waals surface area contributed by atoms with Crippen molar-refractivity contribution < 1.29 is 4.74 Å². The smallest absolute Gasteiger partial charge is 0.213 e. The summed E-state index contributed by atoms with van der Waals surface area (Å²) in [6.45, 7) is 5.91. The average molecular weight is 444 g/mol. The van der Waals surface area contributed by atoms with E-state index in [9.17, 15) is 0 Å². The Morgan fingerprint density at radius 1 is 1.29 bits per heavy atom. The van der Waals surface area contributed by atoms with Crippen molar-refractivity contribution >= 4 is 29.9 Å². The minimum Gasteiger partial charge on any atom is -0.474 e. The summed E-state index contributed by atoms with van der Waals surface area (Å²) in [7, 11) is 0. The van der Waals surface area contributed by atoms with Gasteiger partial charge in [0.05, 0.1) is 6.54 Å². The maximum absolute atomic E-state index is 5.98. The lowest BCUT2D eigenvalue weighted by Gasteiger charge is -2.20. The number of hydrogen-bond acceptors (Lipinski definition) is 3. The first-order chi connectivity index (χ1) is 11.3. The van der Waals surface area contributed by atoms with E-state index in [1.54, 1.807) is 0 Å². The Balaban J connectivity index is 0.00000208. The second kappa shape index (κ2) is 10.1. The Morgan fingerprint density at radius 2 is 2.04 bits per heavy atom. The predicted octanol–water partition coefficient (Wildman–Crippen LogP) is 3.58. The lowest BCUT2D eigenvalue weighted by Crippen LogP contribution is -2.39. The first-order valence-corrected chi connectivity index (χ1v) is 9.00. The average Bonchev–Trinajstić information content (AvgIpc) is 3.25. The summed E-state index contributed by atoms with van der Waals surface area (Å²) in [5.41, 5.74) is 1.16. The number of aliphatic imine (C=N–C) groups is 1. The van der Waals surface area contributed by atoms with Gasteiger partial charge >= 0.3 is 0 Å². The molecule has 1 saturated heterocycles. The molecule has 24 heavy (non-hydrogen) atoms. The van der Waals surface area contributed by atoms with Crippen molar-refractivity contribution in [2.75, 3.05) is 19.6 Å². The molecule has 0 amide bonds. The number of nitrogens with one attached hydrogen (secondary N) is 1. The van der Waals surface area contributed by atoms with Gasteiger partial charge in [0.2, 0.25) is 5.88 Å². The number of ether oxygens (including phenoxy) is 1. The highest BCUT2D eigenvalue weighted by Gasteiger charge is 2.17. The monoisotopic (exact) mass is 444 g/mol. The standard InChI is InChI=1S/C18H28N4O.HI/c1-2-19-18(22-11-5-6-12-22)21-14-15-9-10-20-17(13-15)23-16-7-3-4-8-16;/h9-10,13,16H,2-8,11-12,14H2,1H3,(H,19,21);1H. The van der Waals surface area contributed by atoms with E-state index in [1.807, 2.05) is 18.3 Å². The normalized spacial score (nSPS) is 18.5. The number of likely N-dealkylation sites (tertiary alicyclic amines) is 1. The Bertz CT molecular complexity index is 526. The molecule has 1 aliphatic carbocycles. The molecule has 2 aliphatic rings. The minimum absolute atomic E-state index is 0. The third kappa shape index (κ3) is 5.50. The second-order valence-corrected chi connectivity index (χ2v) is 6.39. The predicted molar refractivity (Wildman–Crippen MR) is 108 cm³/mol. The van der Waals surface area contributed by atoms with Crippen LogP contribution in [-0.2, 0) is 6.54 Å². The Hall–Kier alpha value is -1.05. The number of guanidine groups is 1. The molecule has 3 rings (SSSR count). The van der Waals surface area contributed by atoms with Crippen LogP contribution in [-0.4, -0.2) is 41.6 Å². The van der Waals surface area contributed by atoms with Crippen LogP contribution >= 0.6 is 24.0 Å². The van der Waals surface area contributed by atoms with Crippen molar-refractivity contribution in [3.05, 3.63) is 23.9 Å². The molecule has 0 bridgehead atoms. The van der Waals surface area contributed by atoms with Crippen molar-refractivity contribution in [2.45, 2.75) is 58.1 Å². The van der Waals surface area contributed by atoms with Gasteiger partial charge in [0, 0.05) is 31.9 Å². The summed E-state index contributed by atoms with van der Waals surface area (Å²) in [6.07, 6.45) is 9.57. The van der Waals surface area contributed by atoms with Crippen LogP contribution in [0.4, 0.5) is 0 Å². The summed E-state index contributed by atoms with van der Waals surface area (Å²) in [6, 6.07) is 4.06. The van der Waals surface area contributed by atoms with E-state index in [4.69, 9.17) is 9.73 Å². The number of hydrogen-bond donors (Lipinski definition) is 1. The molecular weight excluding hydrogens is 415 g/mol. The van der Waals surface area contributed by atoms with E-state index in [0.717, 1.165) is 49.9 Å². The SMILES string of the molecule is CCNC(=NCc1ccnc(OC2CCCC2)c1)N1CCCC1.I. The van der Waals surface area contributed by atoms with Crippen LogP contribution in [0.2, 0.25) is 0 Å². The minimum atomic E-state index is 0. The van der Waals surface area contributed by atoms with Crippen LogP contribution in [0, 0.1) is 0 Å². The zero-order valence-corrected chi connectivity index (χ0v) is 16.9. The van der Waals surface area contributed by atoms with Crippen LogP contribution in [0.25, 0.3) is 0 Å². The zero-order chi connectivity index (χ0) is 15.9. The number of aromatic nitrogens is 1. The summed E-state index contributed by atoms with van der Waals surface area (Å²) in [5, 5.41) is 3.40. The van der Waals surface area contributed by atoms with E-state index >= 15 is 0 Å². The maximum atomic E-state index is 5.98. The molecule has 0 unspecified atom stereocenters. The number of halogens is 1. The molecule has 6 heteroatoms. The fourth-order valence-corrected chi connectivity index (χ4v) is 3.31. The van der Waals surface area contributed by atoms with E-state index < -0.39 is 0 Å². The van der Waals surface area contributed by atoms with E-state index in [1.165, 1.54) is 25.7 Å². The van der Waals surface area contributed by atoms with Gasteiger partial charge in [0.25, 0.3) is 0 Å². The summed E-state index contributed by atoms with van der Waals surface area (Å²) in [4.78, 5) is 11.5. The van der Waals surface area contributed by atoms with Crippen molar-refractivity contribution in [1.82, 2.24) is 15.2 Å². The number of nitrogens with zero attached hydrogens (tertiary/aromatic N) is 3. The van der Waals surface area contributed by atoms with Gasteiger partial charge in [-0.3, -0.25) is 0 Å². The van der Waals surface area contributed by atoms with Crippen LogP contribution in [0.3, 0.4) is 0 Å². The van der Waals surface area contributed by atoms with Crippen molar-refractivity contribution in [1.29, 1.82) is 0 Å². The molecule has 0 aromatic carbocycles. The maximum Gasteiger partial charge on any atom is 0.213 e. The molecule has 1 aromatic rings. The highest BCUT2D eigenvalue weighted by Crippen LogP contribution is 2.23. The summed E-state index contributed by atoms with van der Waals surface area (Å²) in [5.74, 6) is 1.77. The second-order valence-electron chi connectivity index (χ2n) is 6.39. The van der Waals surface area contributed by atoms with Crippen LogP contribution < -0.4 is 10.1 Å². The highest BCUT2D eigenvalue weighted by molar-refractivity contribution is 14.0. The molecule has 2 fully saturated rings. The molecule has 0 atom stereocenters. The van der Waals surface area contributed by atoms with Crippen LogP contribution in [0.1, 0.15) is 51.0 Å². The fourth-order valence-electron chi connectivity index (χ4n) is 3.31. The largest absolute Gasteiger partial charge is 0.474 e. The molecule has 1 saturated carbocycles. The molecule has 134 valence electrons. The van der Waals surface area contributed by atoms with Gasteiger partial charge in [-0.2, -0.15) is 0 Å². The first kappa shape index (κ1) is 19.3. The van der Waals surface area contributed by atoms with E-state index in [0.29, 0.717) is 12.6 Å². The van der Waals surface area contributed by atoms with Crippen molar-refractivity contribution in [3.8, 4) is 5.88 Å². The van der Waals surface area contributed by atoms with E-state index in [-0.39, 0.29) is 24.0 Å². The molecule has 0 spiro atoms. The fraction of sp³-hybridized carbons (Fsp3) is 0.667. The van der Waals surface area contributed by atoms with E-state index in [2.05, 4.69) is 22.1 Å². The highest BCUT2D eigenvalue weighted by atomic mass is 127. The van der Waals surface area contributed by atoms with Crippen LogP contribution in [0.5, 0.6) is 5.88 Å². The quantitative estimate of drug-likeness (QED) is 0.429. The van der Waals surface area contributed by atoms with Gasteiger partial charge in [-0.25, -0.2) is 9.98 Å². The lowest BCUT2D eigenvalue weighted by molar-refractivity contribution is 0.201. The molecule has 1 aliphatic heterocycles. The van der Waals surface area contributed by atoms with Crippen molar-refractivity contribution in [2.24, 2.45) is 4.99 Å². The van der Waals surface area contributed by atoms with Crippen molar-refractivity contribution in [3.63, 3.8) is 0 Å². The lowest BCUT2D eigenvalue weighted by atomic mass is 10.2. The summed E-state index contributed by atoms with van der Waals surface area (Å²) < 4.78 is 5.98. The Kier molecular flexibility index (Phi) is 8.08. The molecule has 0 radical (unpaired) electrons. The topological polar surface area (TPSA) is 49.8 Å². The van der Waals surface area contributed by atoms with Gasteiger partial charge in [-0.1, -0.05) is 0 Å². The van der Waals surface area contributed by atoms with Crippen LogP contribution in [0.15, 0.2) is 23.3 Å². The number of pyridine rings is 1. The Morgan fingerprint density at radius 3 is 2.75 bits per heavy atom. The van der Waals surface area contributed by atoms with Gasteiger partial charge in [0.15, 0.2) is 5.96 Å². The van der Waals surface area contributed by atoms with Gasteiger partial charge in [0.1, 0.15) is 6.10 Å². The molecule has 1 N–H and O–H groups in total. The third-order valence-corrected chi connectivity index (χ3v) is 4.54. The molecule has 2 heterocycles.